The number of anilines is 1. The summed E-state index contributed by atoms with van der Waals surface area (Å²) < 4.78 is 5.25. The van der Waals surface area contributed by atoms with Crippen LogP contribution in [0.15, 0.2) is 60.9 Å². The van der Waals surface area contributed by atoms with Gasteiger partial charge in [0.05, 0.1) is 5.56 Å². The van der Waals surface area contributed by atoms with Crippen molar-refractivity contribution in [1.29, 1.82) is 0 Å². The number of rotatable bonds is 5. The summed E-state index contributed by atoms with van der Waals surface area (Å²) in [6.07, 6.45) is 2.48. The van der Waals surface area contributed by atoms with Crippen molar-refractivity contribution in [3.05, 3.63) is 72.1 Å². The third-order valence-corrected chi connectivity index (χ3v) is 3.86. The van der Waals surface area contributed by atoms with Crippen molar-refractivity contribution in [1.82, 2.24) is 9.97 Å². The first kappa shape index (κ1) is 17.4. The average molecular weight is 349 g/mol. The van der Waals surface area contributed by atoms with Crippen LogP contribution in [0.3, 0.4) is 0 Å². The van der Waals surface area contributed by atoms with Crippen LogP contribution in [0, 0.1) is 6.92 Å². The number of aromatic amines is 1. The highest BCUT2D eigenvalue weighted by atomic mass is 16.5. The zero-order valence-corrected chi connectivity index (χ0v) is 14.5. The van der Waals surface area contributed by atoms with Gasteiger partial charge in [0, 0.05) is 23.6 Å². The van der Waals surface area contributed by atoms with Gasteiger partial charge in [0.2, 0.25) is 0 Å². The molecule has 0 aliphatic carbocycles. The van der Waals surface area contributed by atoms with Crippen LogP contribution in [-0.4, -0.2) is 27.9 Å². The molecule has 1 atom stereocenters. The Morgan fingerprint density at radius 2 is 1.77 bits per heavy atom. The number of benzene rings is 2. The highest BCUT2D eigenvalue weighted by Crippen LogP contribution is 2.16. The van der Waals surface area contributed by atoms with Gasteiger partial charge in [-0.25, -0.2) is 9.78 Å². The van der Waals surface area contributed by atoms with Crippen LogP contribution in [0.4, 0.5) is 5.69 Å². The van der Waals surface area contributed by atoms with Crippen molar-refractivity contribution in [2.45, 2.75) is 20.0 Å². The van der Waals surface area contributed by atoms with Gasteiger partial charge in [0.25, 0.3) is 5.91 Å². The third-order valence-electron chi connectivity index (χ3n) is 3.86. The molecule has 3 aromatic rings. The van der Waals surface area contributed by atoms with Crippen LogP contribution >= 0.6 is 0 Å². The molecule has 0 saturated carbocycles. The maximum Gasteiger partial charge on any atom is 0.338 e. The minimum atomic E-state index is -0.909. The van der Waals surface area contributed by atoms with Crippen LogP contribution in [0.5, 0.6) is 0 Å². The first-order chi connectivity index (χ1) is 12.5. The van der Waals surface area contributed by atoms with Crippen LogP contribution in [0.2, 0.25) is 0 Å². The molecule has 1 amide bonds. The monoisotopic (exact) mass is 349 g/mol. The average Bonchev–Trinajstić information content (AvgIpc) is 3.18. The van der Waals surface area contributed by atoms with Gasteiger partial charge in [-0.1, -0.05) is 29.8 Å². The topological polar surface area (TPSA) is 84.1 Å². The lowest BCUT2D eigenvalue weighted by Gasteiger charge is -2.14. The fraction of sp³-hybridized carbons (Fsp3) is 0.150. The molecule has 0 bridgehead atoms. The Balaban J connectivity index is 1.59. The molecule has 6 heteroatoms. The maximum absolute atomic E-state index is 12.2. The number of imidazole rings is 1. The van der Waals surface area contributed by atoms with Gasteiger partial charge in [-0.05, 0) is 38.1 Å². The summed E-state index contributed by atoms with van der Waals surface area (Å²) >= 11 is 0. The number of nitrogens with zero attached hydrogens (tertiary/aromatic N) is 1. The zero-order chi connectivity index (χ0) is 18.5. The second-order valence-corrected chi connectivity index (χ2v) is 5.92. The molecule has 0 aliphatic rings. The van der Waals surface area contributed by atoms with E-state index < -0.39 is 12.1 Å². The molecule has 2 aromatic carbocycles. The van der Waals surface area contributed by atoms with Crippen molar-refractivity contribution in [3.8, 4) is 11.4 Å². The Hall–Kier alpha value is -3.41. The lowest BCUT2D eigenvalue weighted by Crippen LogP contribution is -2.30. The van der Waals surface area contributed by atoms with Gasteiger partial charge < -0.3 is 15.0 Å². The van der Waals surface area contributed by atoms with Crippen LogP contribution in [-0.2, 0) is 9.53 Å². The van der Waals surface area contributed by atoms with E-state index in [1.54, 1.807) is 55.7 Å². The number of aryl methyl sites for hydroxylation is 1. The predicted molar refractivity (Wildman–Crippen MR) is 98.7 cm³/mol. The number of aromatic nitrogens is 2. The van der Waals surface area contributed by atoms with E-state index in [1.807, 2.05) is 19.1 Å². The molecule has 2 N–H and O–H groups in total. The summed E-state index contributed by atoms with van der Waals surface area (Å²) in [6, 6.07) is 14.2. The molecular weight excluding hydrogens is 330 g/mol. The number of amides is 1. The molecule has 3 rings (SSSR count). The Morgan fingerprint density at radius 1 is 1.08 bits per heavy atom. The summed E-state index contributed by atoms with van der Waals surface area (Å²) in [7, 11) is 0. The molecule has 26 heavy (non-hydrogen) atoms. The molecule has 0 radical (unpaired) electrons. The summed E-state index contributed by atoms with van der Waals surface area (Å²) in [5.41, 5.74) is 2.98. The van der Waals surface area contributed by atoms with E-state index in [9.17, 15) is 9.59 Å². The normalized spacial score (nSPS) is 11.6. The summed E-state index contributed by atoms with van der Waals surface area (Å²) in [5.74, 6) is -0.215. The van der Waals surface area contributed by atoms with Crippen molar-refractivity contribution >= 4 is 17.6 Å². The molecule has 1 unspecified atom stereocenters. The Kier molecular flexibility index (Phi) is 5.12. The second kappa shape index (κ2) is 7.65. The van der Waals surface area contributed by atoms with Gasteiger partial charge in [-0.15, -0.1) is 0 Å². The number of hydrogen-bond acceptors (Lipinski definition) is 4. The molecule has 6 nitrogen and oxygen atoms in total. The minimum Gasteiger partial charge on any atom is -0.449 e. The highest BCUT2D eigenvalue weighted by Gasteiger charge is 2.19. The van der Waals surface area contributed by atoms with E-state index in [2.05, 4.69) is 15.3 Å². The molecule has 0 spiro atoms. The Morgan fingerprint density at radius 3 is 2.38 bits per heavy atom. The SMILES string of the molecule is Cc1ccc(NC(=O)C(C)OC(=O)c2ccc(-c3ncc[nH]3)cc2)cc1. The standard InChI is InChI=1S/C20H19N3O3/c1-13-3-9-17(10-4-13)23-19(24)14(2)26-20(25)16-7-5-15(6-8-16)18-21-11-12-22-18/h3-12,14H,1-2H3,(H,21,22)(H,23,24). The number of esters is 1. The number of carbonyl (C=O) groups is 2. The van der Waals surface area contributed by atoms with Crippen LogP contribution in [0.25, 0.3) is 11.4 Å². The predicted octanol–water partition coefficient (Wildman–Crippen LogP) is 3.57. The largest absolute Gasteiger partial charge is 0.449 e. The van der Waals surface area contributed by atoms with E-state index in [4.69, 9.17) is 4.74 Å². The molecule has 0 saturated heterocycles. The molecule has 0 fully saturated rings. The van der Waals surface area contributed by atoms with E-state index in [1.165, 1.54) is 0 Å². The fourth-order valence-electron chi connectivity index (χ4n) is 2.35. The van der Waals surface area contributed by atoms with Gasteiger partial charge in [0.15, 0.2) is 6.10 Å². The first-order valence-electron chi connectivity index (χ1n) is 8.21. The fourth-order valence-corrected chi connectivity index (χ4v) is 2.35. The third kappa shape index (κ3) is 4.16. The van der Waals surface area contributed by atoms with Crippen LogP contribution in [0.1, 0.15) is 22.8 Å². The van der Waals surface area contributed by atoms with Crippen molar-refractivity contribution in [2.24, 2.45) is 0 Å². The van der Waals surface area contributed by atoms with E-state index in [-0.39, 0.29) is 5.91 Å². The van der Waals surface area contributed by atoms with Gasteiger partial charge >= 0.3 is 5.97 Å². The van der Waals surface area contributed by atoms with E-state index in [0.29, 0.717) is 11.3 Å². The second-order valence-electron chi connectivity index (χ2n) is 5.92. The summed E-state index contributed by atoms with van der Waals surface area (Å²) in [5, 5.41) is 2.72. The van der Waals surface area contributed by atoms with E-state index in [0.717, 1.165) is 17.0 Å². The molecule has 132 valence electrons. The smallest absolute Gasteiger partial charge is 0.338 e. The molecule has 1 heterocycles. The number of nitrogens with one attached hydrogen (secondary N) is 2. The Bertz CT molecular complexity index is 885. The summed E-state index contributed by atoms with van der Waals surface area (Å²) in [4.78, 5) is 31.6. The molecular formula is C20H19N3O3. The maximum atomic E-state index is 12.2. The lowest BCUT2D eigenvalue weighted by atomic mass is 10.1. The van der Waals surface area contributed by atoms with Gasteiger partial charge in [0.1, 0.15) is 5.82 Å². The quantitative estimate of drug-likeness (QED) is 0.690. The lowest BCUT2D eigenvalue weighted by molar-refractivity contribution is -0.123. The molecule has 0 aliphatic heterocycles. The number of hydrogen-bond donors (Lipinski definition) is 2. The Labute approximate surface area is 151 Å². The first-order valence-corrected chi connectivity index (χ1v) is 8.21. The van der Waals surface area contributed by atoms with Crippen molar-refractivity contribution in [2.75, 3.05) is 5.32 Å². The number of ether oxygens (including phenoxy) is 1. The van der Waals surface area contributed by atoms with E-state index >= 15 is 0 Å². The van der Waals surface area contributed by atoms with Crippen molar-refractivity contribution < 1.29 is 14.3 Å². The highest BCUT2D eigenvalue weighted by molar-refractivity contribution is 5.97. The number of H-pyrrole nitrogens is 1. The zero-order valence-electron chi connectivity index (χ0n) is 14.5. The summed E-state index contributed by atoms with van der Waals surface area (Å²) in [6.45, 7) is 3.51. The van der Waals surface area contributed by atoms with Crippen LogP contribution < -0.4 is 5.32 Å². The minimum absolute atomic E-state index is 0.371. The molecule has 1 aromatic heterocycles. The van der Waals surface area contributed by atoms with Gasteiger partial charge in [-0.3, -0.25) is 4.79 Å². The van der Waals surface area contributed by atoms with Crippen molar-refractivity contribution in [3.63, 3.8) is 0 Å². The number of carbonyl (C=O) groups excluding carboxylic acids is 2. The van der Waals surface area contributed by atoms with Gasteiger partial charge in [-0.2, -0.15) is 0 Å².